The molecule has 7 nitrogen and oxygen atoms in total. The van der Waals surface area contributed by atoms with Gasteiger partial charge in [-0.25, -0.2) is 4.52 Å². The number of carbonyl (C=O) groups is 2. The van der Waals surface area contributed by atoms with Crippen LogP contribution in [-0.2, 0) is 11.3 Å². The summed E-state index contributed by atoms with van der Waals surface area (Å²) in [6, 6.07) is 15.7. The molecule has 1 amide bonds. The van der Waals surface area contributed by atoms with Crippen molar-refractivity contribution in [3.8, 4) is 0 Å². The van der Waals surface area contributed by atoms with E-state index in [9.17, 15) is 9.59 Å². The lowest BCUT2D eigenvalue weighted by atomic mass is 10.1. The van der Waals surface area contributed by atoms with Gasteiger partial charge < -0.3 is 9.88 Å². The van der Waals surface area contributed by atoms with Crippen molar-refractivity contribution in [3.63, 3.8) is 0 Å². The zero-order valence-electron chi connectivity index (χ0n) is 16.8. The summed E-state index contributed by atoms with van der Waals surface area (Å²) in [4.78, 5) is 33.0. The quantitative estimate of drug-likeness (QED) is 0.421. The van der Waals surface area contributed by atoms with E-state index in [0.717, 1.165) is 47.4 Å². The average molecular weight is 401 g/mol. The number of para-hydroxylation sites is 1. The Morgan fingerprint density at radius 2 is 1.80 bits per heavy atom. The van der Waals surface area contributed by atoms with E-state index in [1.807, 2.05) is 60.1 Å². The average Bonchev–Trinajstić information content (AvgIpc) is 3.32. The molecule has 0 radical (unpaired) electrons. The summed E-state index contributed by atoms with van der Waals surface area (Å²) in [5.41, 5.74) is 4.18. The molecule has 1 N–H and O–H groups in total. The van der Waals surface area contributed by atoms with Gasteiger partial charge in [0.15, 0.2) is 0 Å². The molecule has 0 atom stereocenters. The van der Waals surface area contributed by atoms with Crippen molar-refractivity contribution in [2.24, 2.45) is 0 Å². The number of ketones is 1. The molecule has 0 aliphatic carbocycles. The first-order chi connectivity index (χ1) is 14.6. The molecule has 30 heavy (non-hydrogen) atoms. The van der Waals surface area contributed by atoms with E-state index < -0.39 is 11.7 Å². The van der Waals surface area contributed by atoms with Crippen molar-refractivity contribution >= 4 is 28.1 Å². The fourth-order valence-corrected chi connectivity index (χ4v) is 4.23. The van der Waals surface area contributed by atoms with Crippen LogP contribution in [0.2, 0.25) is 0 Å². The Kier molecular flexibility index (Phi) is 4.59. The molecule has 4 heterocycles. The maximum Gasteiger partial charge on any atom is 0.295 e. The third kappa shape index (κ3) is 3.27. The first-order valence-corrected chi connectivity index (χ1v) is 10.2. The molecule has 4 aromatic rings. The number of piperazine rings is 1. The Labute approximate surface area is 173 Å². The van der Waals surface area contributed by atoms with Crippen LogP contribution >= 0.6 is 0 Å². The number of amides is 1. The maximum absolute atomic E-state index is 13.0. The Morgan fingerprint density at radius 3 is 2.60 bits per heavy atom. The van der Waals surface area contributed by atoms with Gasteiger partial charge in [-0.1, -0.05) is 24.3 Å². The van der Waals surface area contributed by atoms with Crippen LogP contribution in [-0.4, -0.2) is 62.3 Å². The largest absolute Gasteiger partial charge is 0.358 e. The van der Waals surface area contributed by atoms with Crippen molar-refractivity contribution in [1.82, 2.24) is 24.4 Å². The number of aromatic nitrogens is 3. The number of H-pyrrole nitrogens is 1. The van der Waals surface area contributed by atoms with Crippen molar-refractivity contribution in [3.05, 3.63) is 71.7 Å². The molecular weight excluding hydrogens is 378 g/mol. The summed E-state index contributed by atoms with van der Waals surface area (Å²) >= 11 is 0. The van der Waals surface area contributed by atoms with Crippen molar-refractivity contribution < 1.29 is 9.59 Å². The summed E-state index contributed by atoms with van der Waals surface area (Å²) in [5, 5.41) is 5.40. The second-order valence-electron chi connectivity index (χ2n) is 7.77. The highest BCUT2D eigenvalue weighted by molar-refractivity contribution is 6.45. The first kappa shape index (κ1) is 18.6. The molecular formula is C23H23N5O2. The van der Waals surface area contributed by atoms with Gasteiger partial charge in [-0.2, -0.15) is 5.10 Å². The van der Waals surface area contributed by atoms with Gasteiger partial charge in [0, 0.05) is 55.5 Å². The number of fused-ring (bicyclic) bond motifs is 2. The number of benzene rings is 1. The molecule has 1 fully saturated rings. The van der Waals surface area contributed by atoms with E-state index in [4.69, 9.17) is 0 Å². The van der Waals surface area contributed by atoms with Crippen LogP contribution in [0.15, 0.2) is 54.7 Å². The van der Waals surface area contributed by atoms with E-state index in [1.54, 1.807) is 4.90 Å². The molecule has 0 bridgehead atoms. The minimum atomic E-state index is -0.432. The SMILES string of the molecule is Cc1[nH]c2ccccc2c1C(=O)C(=O)N1CCN(Cc2cc3ccccn3n2)CC1. The van der Waals surface area contributed by atoms with E-state index in [-0.39, 0.29) is 0 Å². The highest BCUT2D eigenvalue weighted by Crippen LogP contribution is 2.23. The number of nitrogens with one attached hydrogen (secondary N) is 1. The number of aryl methyl sites for hydroxylation is 1. The molecule has 1 aliphatic heterocycles. The number of Topliss-reactive ketones (excluding diaryl/α,β-unsaturated/α-hetero) is 1. The van der Waals surface area contributed by atoms with Crippen LogP contribution in [0, 0.1) is 6.92 Å². The Hall–Kier alpha value is -3.45. The Morgan fingerprint density at radius 1 is 1.03 bits per heavy atom. The lowest BCUT2D eigenvalue weighted by Crippen LogP contribution is -2.50. The predicted molar refractivity (Wildman–Crippen MR) is 114 cm³/mol. The summed E-state index contributed by atoms with van der Waals surface area (Å²) in [5.74, 6) is -0.853. The highest BCUT2D eigenvalue weighted by Gasteiger charge is 2.29. The minimum Gasteiger partial charge on any atom is -0.358 e. The summed E-state index contributed by atoms with van der Waals surface area (Å²) in [7, 11) is 0. The van der Waals surface area contributed by atoms with E-state index in [1.165, 1.54) is 0 Å². The Bertz CT molecular complexity index is 1210. The van der Waals surface area contributed by atoms with Crippen LogP contribution in [0.3, 0.4) is 0 Å². The van der Waals surface area contributed by atoms with Crippen molar-refractivity contribution in [1.29, 1.82) is 0 Å². The molecule has 1 aliphatic rings. The molecule has 5 rings (SSSR count). The van der Waals surface area contributed by atoms with Crippen LogP contribution in [0.4, 0.5) is 0 Å². The minimum absolute atomic E-state index is 0.421. The van der Waals surface area contributed by atoms with Gasteiger partial charge in [0.05, 0.1) is 16.8 Å². The number of rotatable bonds is 4. The topological polar surface area (TPSA) is 73.7 Å². The number of nitrogens with zero attached hydrogens (tertiary/aromatic N) is 4. The molecule has 0 spiro atoms. The lowest BCUT2D eigenvalue weighted by molar-refractivity contribution is -0.128. The highest BCUT2D eigenvalue weighted by atomic mass is 16.2. The van der Waals surface area contributed by atoms with Crippen molar-refractivity contribution in [2.75, 3.05) is 26.2 Å². The first-order valence-electron chi connectivity index (χ1n) is 10.2. The Balaban J connectivity index is 1.25. The van der Waals surface area contributed by atoms with Crippen molar-refractivity contribution in [2.45, 2.75) is 13.5 Å². The summed E-state index contributed by atoms with van der Waals surface area (Å²) in [6.07, 6.45) is 1.94. The smallest absolute Gasteiger partial charge is 0.295 e. The monoisotopic (exact) mass is 401 g/mol. The lowest BCUT2D eigenvalue weighted by Gasteiger charge is -2.33. The van der Waals surface area contributed by atoms with Gasteiger partial charge in [-0.15, -0.1) is 0 Å². The van der Waals surface area contributed by atoms with Crippen LogP contribution in [0.1, 0.15) is 21.7 Å². The fraction of sp³-hybridized carbons (Fsp3) is 0.261. The van der Waals surface area contributed by atoms with Crippen LogP contribution in [0.25, 0.3) is 16.4 Å². The number of hydrogen-bond donors (Lipinski definition) is 1. The molecule has 3 aromatic heterocycles. The van der Waals surface area contributed by atoms with Crippen LogP contribution < -0.4 is 0 Å². The third-order valence-corrected chi connectivity index (χ3v) is 5.78. The number of pyridine rings is 1. The maximum atomic E-state index is 13.0. The van der Waals surface area contributed by atoms with Gasteiger partial charge in [-0.3, -0.25) is 14.5 Å². The molecule has 0 unspecified atom stereocenters. The van der Waals surface area contributed by atoms with Gasteiger partial charge >= 0.3 is 0 Å². The normalized spacial score (nSPS) is 15.2. The second-order valence-corrected chi connectivity index (χ2v) is 7.77. The van der Waals surface area contributed by atoms with E-state index in [2.05, 4.69) is 21.0 Å². The van der Waals surface area contributed by atoms with Gasteiger partial charge in [0.25, 0.3) is 11.7 Å². The molecule has 7 heteroatoms. The number of aromatic amines is 1. The third-order valence-electron chi connectivity index (χ3n) is 5.78. The standard InChI is InChI=1S/C23H23N5O2/c1-16-21(19-7-2-3-8-20(19)24-16)22(29)23(30)27-12-10-26(11-13-27)15-17-14-18-6-4-5-9-28(18)25-17/h2-9,14,24H,10-13,15H2,1H3. The molecule has 0 saturated carbocycles. The van der Waals surface area contributed by atoms with E-state index >= 15 is 0 Å². The predicted octanol–water partition coefficient (Wildman–Crippen LogP) is 2.65. The molecule has 152 valence electrons. The van der Waals surface area contributed by atoms with E-state index in [0.29, 0.717) is 18.7 Å². The zero-order valence-corrected chi connectivity index (χ0v) is 16.8. The fourth-order valence-electron chi connectivity index (χ4n) is 4.23. The second kappa shape index (κ2) is 7.42. The zero-order chi connectivity index (χ0) is 20.7. The summed E-state index contributed by atoms with van der Waals surface area (Å²) < 4.78 is 1.87. The van der Waals surface area contributed by atoms with Crippen LogP contribution in [0.5, 0.6) is 0 Å². The van der Waals surface area contributed by atoms with Gasteiger partial charge in [-0.05, 0) is 31.2 Å². The molecule has 1 aromatic carbocycles. The van der Waals surface area contributed by atoms with Gasteiger partial charge in [0.1, 0.15) is 0 Å². The number of hydrogen-bond acceptors (Lipinski definition) is 4. The summed E-state index contributed by atoms with van der Waals surface area (Å²) in [6.45, 7) is 5.10. The number of carbonyl (C=O) groups excluding carboxylic acids is 2. The molecule has 1 saturated heterocycles. The van der Waals surface area contributed by atoms with Gasteiger partial charge in [0.2, 0.25) is 0 Å².